The Kier molecular flexibility index (Phi) is 2.06. The van der Waals surface area contributed by atoms with Gasteiger partial charge < -0.3 is 9.84 Å². The van der Waals surface area contributed by atoms with Gasteiger partial charge in [0.1, 0.15) is 5.75 Å². The van der Waals surface area contributed by atoms with E-state index in [4.69, 9.17) is 6.11 Å². The second kappa shape index (κ2) is 3.39. The number of ether oxygens (including phenoxy) is 1. The minimum atomic E-state index is -1.52. The van der Waals surface area contributed by atoms with E-state index < -0.39 is 6.08 Å². The second-order valence-corrected chi connectivity index (χ2v) is 2.31. The standard InChI is InChI=1S/C9H12O2/c1-7(10)8-3-5-9(11-2)6-4-8/h3-7,10H,1-2H3/i7D. The van der Waals surface area contributed by atoms with E-state index in [0.717, 1.165) is 5.75 Å². The van der Waals surface area contributed by atoms with Crippen molar-refractivity contribution >= 4 is 0 Å². The van der Waals surface area contributed by atoms with Crippen LogP contribution in [-0.4, -0.2) is 12.2 Å². The van der Waals surface area contributed by atoms with Crippen molar-refractivity contribution in [3.05, 3.63) is 29.8 Å². The van der Waals surface area contributed by atoms with Crippen molar-refractivity contribution in [3.8, 4) is 5.75 Å². The number of hydrogen-bond donors (Lipinski definition) is 1. The van der Waals surface area contributed by atoms with Gasteiger partial charge in [-0.25, -0.2) is 0 Å². The molecule has 2 nitrogen and oxygen atoms in total. The molecule has 0 amide bonds. The summed E-state index contributed by atoms with van der Waals surface area (Å²) in [6.45, 7) is 1.43. The Labute approximate surface area is 67.8 Å². The van der Waals surface area contributed by atoms with Crippen molar-refractivity contribution in [3.63, 3.8) is 0 Å². The van der Waals surface area contributed by atoms with E-state index in [-0.39, 0.29) is 0 Å². The summed E-state index contributed by atoms with van der Waals surface area (Å²) in [5.74, 6) is 0.725. The predicted molar refractivity (Wildman–Crippen MR) is 43.6 cm³/mol. The van der Waals surface area contributed by atoms with Gasteiger partial charge in [0.05, 0.1) is 14.6 Å². The van der Waals surface area contributed by atoms with Crippen molar-refractivity contribution in [1.29, 1.82) is 0 Å². The molecule has 0 aromatic heterocycles. The first-order valence-electron chi connectivity index (χ1n) is 3.91. The van der Waals surface area contributed by atoms with Crippen LogP contribution in [0.3, 0.4) is 0 Å². The molecule has 0 aliphatic heterocycles. The first-order chi connectivity index (χ1) is 5.54. The Bertz CT molecular complexity index is 248. The van der Waals surface area contributed by atoms with Crippen molar-refractivity contribution in [2.24, 2.45) is 0 Å². The molecule has 60 valence electrons. The van der Waals surface area contributed by atoms with Crippen LogP contribution in [0.5, 0.6) is 5.75 Å². The van der Waals surface area contributed by atoms with Gasteiger partial charge in [-0.2, -0.15) is 0 Å². The fourth-order valence-electron chi connectivity index (χ4n) is 0.832. The van der Waals surface area contributed by atoms with Crippen molar-refractivity contribution < 1.29 is 11.2 Å². The van der Waals surface area contributed by atoms with Gasteiger partial charge in [0, 0.05) is 0 Å². The monoisotopic (exact) mass is 153 g/mol. The lowest BCUT2D eigenvalue weighted by Crippen LogP contribution is -1.90. The summed E-state index contributed by atoms with van der Waals surface area (Å²) in [6, 6.07) is 6.79. The second-order valence-electron chi connectivity index (χ2n) is 2.31. The van der Waals surface area contributed by atoms with Gasteiger partial charge in [0.25, 0.3) is 0 Å². The molecular formula is C9H12O2. The molecule has 0 bridgehead atoms. The molecule has 11 heavy (non-hydrogen) atoms. The molecule has 0 saturated heterocycles. The van der Waals surface area contributed by atoms with E-state index in [0.29, 0.717) is 5.56 Å². The minimum absolute atomic E-state index is 0.559. The minimum Gasteiger partial charge on any atom is -0.497 e. The number of hydrogen-bond acceptors (Lipinski definition) is 2. The van der Waals surface area contributed by atoms with Crippen LogP contribution in [0.2, 0.25) is 0 Å². The third-order valence-electron chi connectivity index (χ3n) is 1.51. The lowest BCUT2D eigenvalue weighted by molar-refractivity contribution is 0.199. The quantitative estimate of drug-likeness (QED) is 0.701. The highest BCUT2D eigenvalue weighted by Crippen LogP contribution is 2.16. The Morgan fingerprint density at radius 2 is 2.00 bits per heavy atom. The van der Waals surface area contributed by atoms with Gasteiger partial charge in [-0.15, -0.1) is 0 Å². The summed E-state index contributed by atoms with van der Waals surface area (Å²) in [4.78, 5) is 0. The number of benzene rings is 1. The van der Waals surface area contributed by atoms with Gasteiger partial charge >= 0.3 is 0 Å². The zero-order valence-corrected chi connectivity index (χ0v) is 6.66. The van der Waals surface area contributed by atoms with Crippen LogP contribution in [0.25, 0.3) is 0 Å². The Morgan fingerprint density at radius 1 is 1.45 bits per heavy atom. The van der Waals surface area contributed by atoms with E-state index in [1.165, 1.54) is 6.92 Å². The fourth-order valence-corrected chi connectivity index (χ4v) is 0.832. The molecule has 0 aliphatic carbocycles. The lowest BCUT2D eigenvalue weighted by atomic mass is 10.1. The van der Waals surface area contributed by atoms with Crippen LogP contribution in [0.1, 0.15) is 19.9 Å². The molecule has 1 atom stereocenters. The molecule has 0 fully saturated rings. The average molecular weight is 153 g/mol. The maximum Gasteiger partial charge on any atom is 0.118 e. The molecule has 0 heterocycles. The van der Waals surface area contributed by atoms with Crippen LogP contribution in [0.15, 0.2) is 24.3 Å². The molecule has 0 saturated carbocycles. The number of rotatable bonds is 2. The first-order valence-corrected chi connectivity index (χ1v) is 3.41. The molecule has 1 aromatic carbocycles. The molecule has 0 radical (unpaired) electrons. The van der Waals surface area contributed by atoms with Crippen molar-refractivity contribution in [2.75, 3.05) is 7.11 Å². The lowest BCUT2D eigenvalue weighted by Gasteiger charge is -2.04. The maximum atomic E-state index is 9.28. The molecule has 1 N–H and O–H groups in total. The molecule has 1 unspecified atom stereocenters. The first kappa shape index (κ1) is 6.68. The zero-order chi connectivity index (χ0) is 9.19. The van der Waals surface area contributed by atoms with Gasteiger partial charge in [0.2, 0.25) is 0 Å². The van der Waals surface area contributed by atoms with Crippen LogP contribution in [-0.2, 0) is 0 Å². The van der Waals surface area contributed by atoms with Crippen LogP contribution in [0.4, 0.5) is 0 Å². The van der Waals surface area contributed by atoms with Gasteiger partial charge in [-0.3, -0.25) is 0 Å². The highest BCUT2D eigenvalue weighted by Gasteiger charge is 1.98. The predicted octanol–water partition coefficient (Wildman–Crippen LogP) is 1.75. The SMILES string of the molecule is [2H]C(C)(O)c1ccc(OC)cc1. The molecule has 1 rings (SSSR count). The van der Waals surface area contributed by atoms with Crippen molar-refractivity contribution in [2.45, 2.75) is 13.0 Å². The molecule has 0 aliphatic rings. The largest absolute Gasteiger partial charge is 0.497 e. The summed E-state index contributed by atoms with van der Waals surface area (Å²) in [6.07, 6.45) is -1.52. The van der Waals surface area contributed by atoms with Gasteiger partial charge in [-0.05, 0) is 24.6 Å². The van der Waals surface area contributed by atoms with E-state index >= 15 is 0 Å². The summed E-state index contributed by atoms with van der Waals surface area (Å²) in [5, 5.41) is 9.28. The van der Waals surface area contributed by atoms with Crippen LogP contribution < -0.4 is 4.74 Å². The average Bonchev–Trinajstić information content (AvgIpc) is 2.03. The van der Waals surface area contributed by atoms with E-state index in [9.17, 15) is 5.11 Å². The Balaban J connectivity index is 2.93. The van der Waals surface area contributed by atoms with E-state index in [1.807, 2.05) is 0 Å². The van der Waals surface area contributed by atoms with E-state index in [2.05, 4.69) is 0 Å². The highest BCUT2D eigenvalue weighted by molar-refractivity contribution is 5.27. The van der Waals surface area contributed by atoms with E-state index in [1.54, 1.807) is 31.4 Å². The maximum absolute atomic E-state index is 9.28. The molecule has 1 aromatic rings. The van der Waals surface area contributed by atoms with Gasteiger partial charge in [-0.1, -0.05) is 12.1 Å². The van der Waals surface area contributed by atoms with Crippen LogP contribution >= 0.6 is 0 Å². The zero-order valence-electron chi connectivity index (χ0n) is 7.66. The van der Waals surface area contributed by atoms with Crippen molar-refractivity contribution in [1.82, 2.24) is 0 Å². The summed E-state index contributed by atoms with van der Waals surface area (Å²) in [5.41, 5.74) is 0.559. The Morgan fingerprint density at radius 3 is 2.36 bits per heavy atom. The number of methoxy groups -OCH3 is 1. The smallest absolute Gasteiger partial charge is 0.118 e. The third-order valence-corrected chi connectivity index (χ3v) is 1.51. The molecule has 0 spiro atoms. The molecule has 2 heteroatoms. The summed E-state index contributed by atoms with van der Waals surface area (Å²) >= 11 is 0. The summed E-state index contributed by atoms with van der Waals surface area (Å²) in [7, 11) is 1.58. The fraction of sp³-hybridized carbons (Fsp3) is 0.333. The highest BCUT2D eigenvalue weighted by atomic mass is 16.5. The van der Waals surface area contributed by atoms with Crippen LogP contribution in [0, 0.1) is 0 Å². The number of aliphatic hydroxyl groups is 1. The third kappa shape index (κ3) is 1.95. The normalized spacial score (nSPS) is 16.8. The topological polar surface area (TPSA) is 29.5 Å². The van der Waals surface area contributed by atoms with Gasteiger partial charge in [0.15, 0.2) is 0 Å². The Hall–Kier alpha value is -1.02. The molecular weight excluding hydrogens is 140 g/mol. The summed E-state index contributed by atoms with van der Waals surface area (Å²) < 4.78 is 12.3.